The van der Waals surface area contributed by atoms with Gasteiger partial charge in [0.15, 0.2) is 11.5 Å². The largest absolute Gasteiger partial charge is 0.454 e. The lowest BCUT2D eigenvalue weighted by atomic mass is 10.1. The number of imidazole rings is 1. The first kappa shape index (κ1) is 9.71. The number of nitrogens with two attached hydrogens (primary N) is 1. The average molecular weight is 231 g/mol. The SMILES string of the molecule is NC(=O)c1cc2c(cc1-n1ccnc1)OCO2. The van der Waals surface area contributed by atoms with Gasteiger partial charge in [0.05, 0.1) is 17.6 Å². The van der Waals surface area contributed by atoms with Crippen LogP contribution < -0.4 is 15.2 Å². The van der Waals surface area contributed by atoms with Crippen LogP contribution in [0.15, 0.2) is 30.9 Å². The summed E-state index contributed by atoms with van der Waals surface area (Å²) >= 11 is 0. The van der Waals surface area contributed by atoms with Crippen molar-refractivity contribution in [3.63, 3.8) is 0 Å². The Bertz CT molecular complexity index is 578. The van der Waals surface area contributed by atoms with Crippen LogP contribution in [0.5, 0.6) is 11.5 Å². The summed E-state index contributed by atoms with van der Waals surface area (Å²) in [6.45, 7) is 0.154. The number of aromatic nitrogens is 2. The van der Waals surface area contributed by atoms with Gasteiger partial charge in [0.25, 0.3) is 5.91 Å². The van der Waals surface area contributed by atoms with Crippen LogP contribution in [-0.2, 0) is 0 Å². The van der Waals surface area contributed by atoms with Gasteiger partial charge >= 0.3 is 0 Å². The third kappa shape index (κ3) is 1.50. The standard InChI is InChI=1S/C11H9N3O3/c12-11(15)7-3-9-10(17-6-16-9)4-8(7)14-2-1-13-5-14/h1-5H,6H2,(H2,12,15). The molecule has 0 saturated heterocycles. The molecule has 86 valence electrons. The molecule has 1 aromatic heterocycles. The number of fused-ring (bicyclic) bond motifs is 1. The molecule has 0 aliphatic carbocycles. The van der Waals surface area contributed by atoms with Gasteiger partial charge in [0.1, 0.15) is 0 Å². The van der Waals surface area contributed by atoms with E-state index >= 15 is 0 Å². The van der Waals surface area contributed by atoms with Crippen molar-refractivity contribution >= 4 is 5.91 Å². The summed E-state index contributed by atoms with van der Waals surface area (Å²) in [4.78, 5) is 15.3. The van der Waals surface area contributed by atoms with Crippen LogP contribution in [0.25, 0.3) is 5.69 Å². The topological polar surface area (TPSA) is 79.4 Å². The highest BCUT2D eigenvalue weighted by Crippen LogP contribution is 2.36. The molecule has 0 bridgehead atoms. The predicted octanol–water partition coefficient (Wildman–Crippen LogP) is 0.700. The van der Waals surface area contributed by atoms with E-state index in [0.29, 0.717) is 22.7 Å². The monoisotopic (exact) mass is 231 g/mol. The van der Waals surface area contributed by atoms with Crippen LogP contribution in [0.1, 0.15) is 10.4 Å². The molecule has 1 amide bonds. The molecule has 1 aliphatic heterocycles. The summed E-state index contributed by atoms with van der Waals surface area (Å²) in [5.41, 5.74) is 6.34. The van der Waals surface area contributed by atoms with Crippen LogP contribution in [0.2, 0.25) is 0 Å². The van der Waals surface area contributed by atoms with Crippen LogP contribution >= 0.6 is 0 Å². The van der Waals surface area contributed by atoms with Crippen LogP contribution in [0.3, 0.4) is 0 Å². The molecule has 0 unspecified atom stereocenters. The number of amides is 1. The molecule has 0 spiro atoms. The van der Waals surface area contributed by atoms with Gasteiger partial charge in [-0.05, 0) is 6.07 Å². The number of ether oxygens (including phenoxy) is 2. The van der Waals surface area contributed by atoms with Gasteiger partial charge in [-0.1, -0.05) is 0 Å². The lowest BCUT2D eigenvalue weighted by Gasteiger charge is -2.08. The number of carbonyl (C=O) groups is 1. The Hall–Kier alpha value is -2.50. The van der Waals surface area contributed by atoms with Crippen molar-refractivity contribution in [2.45, 2.75) is 0 Å². The molecule has 0 radical (unpaired) electrons. The van der Waals surface area contributed by atoms with Gasteiger partial charge < -0.3 is 19.8 Å². The van der Waals surface area contributed by atoms with E-state index in [2.05, 4.69) is 4.98 Å². The van der Waals surface area contributed by atoms with Crippen molar-refractivity contribution in [3.05, 3.63) is 36.4 Å². The Morgan fingerprint density at radius 1 is 1.35 bits per heavy atom. The van der Waals surface area contributed by atoms with Crippen molar-refractivity contribution in [2.75, 3.05) is 6.79 Å². The molecule has 6 nitrogen and oxygen atoms in total. The fourth-order valence-electron chi connectivity index (χ4n) is 1.74. The molecule has 1 aliphatic rings. The fraction of sp³-hybridized carbons (Fsp3) is 0.0909. The van der Waals surface area contributed by atoms with E-state index in [9.17, 15) is 4.79 Å². The van der Waals surface area contributed by atoms with Crippen molar-refractivity contribution < 1.29 is 14.3 Å². The zero-order chi connectivity index (χ0) is 11.8. The predicted molar refractivity (Wildman–Crippen MR) is 58.2 cm³/mol. The average Bonchev–Trinajstić information content (AvgIpc) is 2.98. The smallest absolute Gasteiger partial charge is 0.250 e. The summed E-state index contributed by atoms with van der Waals surface area (Å²) in [5.74, 6) is 0.605. The summed E-state index contributed by atoms with van der Waals surface area (Å²) < 4.78 is 12.2. The number of hydrogen-bond acceptors (Lipinski definition) is 4. The Labute approximate surface area is 96.6 Å². The van der Waals surface area contributed by atoms with Gasteiger partial charge in [0.2, 0.25) is 6.79 Å². The fourth-order valence-corrected chi connectivity index (χ4v) is 1.74. The van der Waals surface area contributed by atoms with E-state index in [4.69, 9.17) is 15.2 Å². The number of hydrogen-bond donors (Lipinski definition) is 1. The number of carbonyl (C=O) groups excluding carboxylic acids is 1. The zero-order valence-electron chi connectivity index (χ0n) is 8.79. The second kappa shape index (κ2) is 3.51. The maximum atomic E-state index is 11.4. The van der Waals surface area contributed by atoms with E-state index in [-0.39, 0.29) is 6.79 Å². The normalized spacial score (nSPS) is 12.7. The molecule has 1 aromatic carbocycles. The molecule has 2 aromatic rings. The summed E-state index contributed by atoms with van der Waals surface area (Å²) in [5, 5.41) is 0. The van der Waals surface area contributed by atoms with Crippen LogP contribution in [-0.4, -0.2) is 22.3 Å². The third-order valence-electron chi connectivity index (χ3n) is 2.54. The highest BCUT2D eigenvalue weighted by atomic mass is 16.7. The molecule has 3 rings (SSSR count). The van der Waals surface area contributed by atoms with Crippen LogP contribution in [0, 0.1) is 0 Å². The van der Waals surface area contributed by atoms with E-state index in [1.54, 1.807) is 35.4 Å². The highest BCUT2D eigenvalue weighted by Gasteiger charge is 2.20. The van der Waals surface area contributed by atoms with E-state index in [1.165, 1.54) is 0 Å². The molecular formula is C11H9N3O3. The molecular weight excluding hydrogens is 222 g/mol. The molecule has 6 heteroatoms. The van der Waals surface area contributed by atoms with Crippen molar-refractivity contribution in [1.82, 2.24) is 9.55 Å². The van der Waals surface area contributed by atoms with E-state index in [1.807, 2.05) is 0 Å². The van der Waals surface area contributed by atoms with E-state index in [0.717, 1.165) is 0 Å². The molecule has 0 saturated carbocycles. The first-order valence-corrected chi connectivity index (χ1v) is 4.97. The Morgan fingerprint density at radius 2 is 2.12 bits per heavy atom. The Balaban J connectivity index is 2.22. The summed E-state index contributed by atoms with van der Waals surface area (Å²) in [6.07, 6.45) is 4.93. The first-order chi connectivity index (χ1) is 8.25. The zero-order valence-corrected chi connectivity index (χ0v) is 8.79. The molecule has 2 heterocycles. The van der Waals surface area contributed by atoms with Gasteiger partial charge in [-0.3, -0.25) is 4.79 Å². The maximum absolute atomic E-state index is 11.4. The number of nitrogens with zero attached hydrogens (tertiary/aromatic N) is 2. The molecule has 17 heavy (non-hydrogen) atoms. The maximum Gasteiger partial charge on any atom is 0.250 e. The second-order valence-electron chi connectivity index (χ2n) is 3.56. The highest BCUT2D eigenvalue weighted by molar-refractivity contribution is 5.97. The number of primary amides is 1. The van der Waals surface area contributed by atoms with Crippen LogP contribution in [0.4, 0.5) is 0 Å². The van der Waals surface area contributed by atoms with Gasteiger partial charge in [-0.15, -0.1) is 0 Å². The Kier molecular flexibility index (Phi) is 2.01. The Morgan fingerprint density at radius 3 is 2.76 bits per heavy atom. The summed E-state index contributed by atoms with van der Waals surface area (Å²) in [7, 11) is 0. The van der Waals surface area contributed by atoms with E-state index < -0.39 is 5.91 Å². The third-order valence-corrected chi connectivity index (χ3v) is 2.54. The number of rotatable bonds is 2. The first-order valence-electron chi connectivity index (χ1n) is 4.97. The molecule has 2 N–H and O–H groups in total. The second-order valence-corrected chi connectivity index (χ2v) is 3.56. The summed E-state index contributed by atoms with van der Waals surface area (Å²) in [6, 6.07) is 3.30. The molecule has 0 fully saturated rings. The number of benzene rings is 1. The van der Waals surface area contributed by atoms with Crippen molar-refractivity contribution in [2.24, 2.45) is 5.73 Å². The van der Waals surface area contributed by atoms with Gasteiger partial charge in [-0.25, -0.2) is 4.98 Å². The quantitative estimate of drug-likeness (QED) is 0.825. The molecule has 0 atom stereocenters. The lowest BCUT2D eigenvalue weighted by Crippen LogP contribution is -2.14. The minimum Gasteiger partial charge on any atom is -0.454 e. The van der Waals surface area contributed by atoms with Gasteiger partial charge in [-0.2, -0.15) is 0 Å². The van der Waals surface area contributed by atoms with Crippen molar-refractivity contribution in [3.8, 4) is 17.2 Å². The van der Waals surface area contributed by atoms with Crippen molar-refractivity contribution in [1.29, 1.82) is 0 Å². The minimum atomic E-state index is -0.521. The lowest BCUT2D eigenvalue weighted by molar-refractivity contribution is 0.1000. The minimum absolute atomic E-state index is 0.154. The van der Waals surface area contributed by atoms with Gasteiger partial charge in [0, 0.05) is 18.5 Å².